The van der Waals surface area contributed by atoms with E-state index < -0.39 is 0 Å². The van der Waals surface area contributed by atoms with E-state index in [0.29, 0.717) is 32.1 Å². The lowest BCUT2D eigenvalue weighted by Gasteiger charge is -2.13. The van der Waals surface area contributed by atoms with Crippen LogP contribution >= 0.6 is 0 Å². The molecule has 1 aromatic heterocycles. The summed E-state index contributed by atoms with van der Waals surface area (Å²) in [5, 5.41) is 7.53. The third-order valence-electron chi connectivity index (χ3n) is 4.43. The molecule has 0 bridgehead atoms. The number of carbonyl (C=O) groups excluding carboxylic acids is 1. The van der Waals surface area contributed by atoms with Gasteiger partial charge in [0.05, 0.1) is 18.7 Å². The molecule has 2 N–H and O–H groups in total. The van der Waals surface area contributed by atoms with Crippen LogP contribution in [-0.4, -0.2) is 35.9 Å². The van der Waals surface area contributed by atoms with Gasteiger partial charge in [-0.05, 0) is 40.8 Å². The summed E-state index contributed by atoms with van der Waals surface area (Å²) in [6.45, 7) is 1.41. The Labute approximate surface area is 144 Å². The first kappa shape index (κ1) is 15.8. The van der Waals surface area contributed by atoms with Crippen molar-refractivity contribution in [2.75, 3.05) is 26.1 Å². The highest BCUT2D eigenvalue weighted by molar-refractivity contribution is 6.13. The van der Waals surface area contributed by atoms with Gasteiger partial charge < -0.3 is 15.2 Å². The Bertz CT molecular complexity index is 1000. The molecule has 0 atom stereocenters. The van der Waals surface area contributed by atoms with Crippen molar-refractivity contribution < 1.29 is 14.3 Å². The first-order valence-corrected chi connectivity index (χ1v) is 8.15. The second-order valence-electron chi connectivity index (χ2n) is 6.17. The van der Waals surface area contributed by atoms with Crippen molar-refractivity contribution in [2.24, 2.45) is 0 Å². The SMILES string of the molecule is COCCOCn1cc2c(cc(N)c3cc4c(cc32)CC(=O)C=C4)n1. The van der Waals surface area contributed by atoms with Gasteiger partial charge in [0.25, 0.3) is 0 Å². The molecule has 2 aromatic carbocycles. The minimum atomic E-state index is 0.120. The molecule has 25 heavy (non-hydrogen) atoms. The van der Waals surface area contributed by atoms with E-state index in [9.17, 15) is 4.79 Å². The van der Waals surface area contributed by atoms with Gasteiger partial charge in [0.2, 0.25) is 0 Å². The van der Waals surface area contributed by atoms with Crippen LogP contribution in [0, 0.1) is 0 Å². The Kier molecular flexibility index (Phi) is 3.99. The number of ketones is 1. The number of aromatic nitrogens is 2. The second-order valence-corrected chi connectivity index (χ2v) is 6.17. The molecule has 0 saturated heterocycles. The molecular weight excluding hydrogens is 318 g/mol. The van der Waals surface area contributed by atoms with E-state index in [4.69, 9.17) is 15.2 Å². The lowest BCUT2D eigenvalue weighted by Crippen LogP contribution is -2.07. The third-order valence-corrected chi connectivity index (χ3v) is 4.43. The molecule has 1 heterocycles. The Morgan fingerprint density at radius 3 is 2.88 bits per heavy atom. The summed E-state index contributed by atoms with van der Waals surface area (Å²) in [4.78, 5) is 11.7. The summed E-state index contributed by atoms with van der Waals surface area (Å²) in [6.07, 6.45) is 5.86. The van der Waals surface area contributed by atoms with Gasteiger partial charge in [-0.2, -0.15) is 5.10 Å². The van der Waals surface area contributed by atoms with Crippen molar-refractivity contribution in [1.82, 2.24) is 9.78 Å². The van der Waals surface area contributed by atoms with Crippen molar-refractivity contribution in [3.05, 3.63) is 41.6 Å². The highest BCUT2D eigenvalue weighted by Crippen LogP contribution is 2.33. The normalized spacial score (nSPS) is 13.7. The van der Waals surface area contributed by atoms with E-state index in [2.05, 4.69) is 17.2 Å². The molecular formula is C19H19N3O3. The van der Waals surface area contributed by atoms with Crippen molar-refractivity contribution in [1.29, 1.82) is 0 Å². The predicted octanol–water partition coefficient (Wildman–Crippen LogP) is 2.53. The quantitative estimate of drug-likeness (QED) is 0.572. The molecule has 0 fully saturated rings. The average Bonchev–Trinajstić information content (AvgIpc) is 3.00. The largest absolute Gasteiger partial charge is 0.398 e. The maximum Gasteiger partial charge on any atom is 0.160 e. The standard InChI is InChI=1S/C19H19N3O3/c1-24-4-5-25-11-22-10-17-15-8-13-6-14(23)3-2-12(13)7-16(15)18(20)9-19(17)21-22/h2-3,7-10H,4-6,11,20H2,1H3. The number of anilines is 1. The van der Waals surface area contributed by atoms with Gasteiger partial charge in [0, 0.05) is 36.2 Å². The molecule has 0 radical (unpaired) electrons. The van der Waals surface area contributed by atoms with Crippen molar-refractivity contribution >= 4 is 39.2 Å². The van der Waals surface area contributed by atoms with Crippen LogP contribution in [0.2, 0.25) is 0 Å². The van der Waals surface area contributed by atoms with Crippen LogP contribution in [0.3, 0.4) is 0 Å². The van der Waals surface area contributed by atoms with E-state index in [-0.39, 0.29) is 5.78 Å². The number of fused-ring (bicyclic) bond motifs is 4. The molecule has 0 aliphatic heterocycles. The zero-order valence-electron chi connectivity index (χ0n) is 14.0. The summed E-state index contributed by atoms with van der Waals surface area (Å²) in [5.41, 5.74) is 9.82. The minimum absolute atomic E-state index is 0.120. The number of methoxy groups -OCH3 is 1. The van der Waals surface area contributed by atoms with Crippen LogP contribution in [0.1, 0.15) is 11.1 Å². The third kappa shape index (κ3) is 2.90. The fourth-order valence-electron chi connectivity index (χ4n) is 3.20. The molecule has 6 heteroatoms. The summed E-state index contributed by atoms with van der Waals surface area (Å²) >= 11 is 0. The number of ether oxygens (including phenoxy) is 2. The molecule has 1 aliphatic carbocycles. The van der Waals surface area contributed by atoms with Crippen molar-refractivity contribution in [3.8, 4) is 0 Å². The topological polar surface area (TPSA) is 79.4 Å². The Balaban J connectivity index is 1.79. The van der Waals surface area contributed by atoms with E-state index in [1.165, 1.54) is 0 Å². The summed E-state index contributed by atoms with van der Waals surface area (Å²) < 4.78 is 12.3. The van der Waals surface area contributed by atoms with Gasteiger partial charge in [0.15, 0.2) is 5.78 Å². The number of carbonyl (C=O) groups is 1. The molecule has 0 saturated carbocycles. The molecule has 4 rings (SSSR count). The Hall–Kier alpha value is -2.70. The molecule has 128 valence electrons. The van der Waals surface area contributed by atoms with E-state index >= 15 is 0 Å². The first-order valence-electron chi connectivity index (χ1n) is 8.15. The fraction of sp³-hybridized carbons (Fsp3) is 0.263. The van der Waals surface area contributed by atoms with E-state index in [1.54, 1.807) is 17.9 Å². The molecule has 0 unspecified atom stereocenters. The maximum atomic E-state index is 11.7. The van der Waals surface area contributed by atoms with Crippen LogP contribution in [0.15, 0.2) is 30.5 Å². The number of hydrogen-bond acceptors (Lipinski definition) is 5. The van der Waals surface area contributed by atoms with Gasteiger partial charge in [-0.25, -0.2) is 4.68 Å². The number of nitrogen functional groups attached to an aromatic ring is 1. The molecule has 3 aromatic rings. The summed E-state index contributed by atoms with van der Waals surface area (Å²) in [6, 6.07) is 5.99. The van der Waals surface area contributed by atoms with Gasteiger partial charge in [-0.1, -0.05) is 6.08 Å². The number of nitrogens with two attached hydrogens (primary N) is 1. The van der Waals surface area contributed by atoms with Crippen molar-refractivity contribution in [2.45, 2.75) is 13.2 Å². The fourth-order valence-corrected chi connectivity index (χ4v) is 3.20. The minimum Gasteiger partial charge on any atom is -0.398 e. The van der Waals surface area contributed by atoms with E-state index in [0.717, 1.165) is 32.8 Å². The van der Waals surface area contributed by atoms with Crippen LogP contribution < -0.4 is 5.73 Å². The van der Waals surface area contributed by atoms with Gasteiger partial charge >= 0.3 is 0 Å². The molecule has 0 amide bonds. The van der Waals surface area contributed by atoms with Crippen LogP contribution in [0.25, 0.3) is 27.8 Å². The monoisotopic (exact) mass is 337 g/mol. The van der Waals surface area contributed by atoms with Crippen LogP contribution in [-0.2, 0) is 27.4 Å². The summed E-state index contributed by atoms with van der Waals surface area (Å²) in [7, 11) is 1.64. The highest BCUT2D eigenvalue weighted by atomic mass is 16.5. The van der Waals surface area contributed by atoms with Gasteiger partial charge in [-0.15, -0.1) is 0 Å². The zero-order chi connectivity index (χ0) is 17.4. The number of nitrogens with zero attached hydrogens (tertiary/aromatic N) is 2. The number of benzene rings is 2. The first-order chi connectivity index (χ1) is 12.2. The number of rotatable bonds is 5. The van der Waals surface area contributed by atoms with Crippen LogP contribution in [0.4, 0.5) is 5.69 Å². The zero-order valence-corrected chi connectivity index (χ0v) is 14.0. The van der Waals surface area contributed by atoms with Crippen molar-refractivity contribution in [3.63, 3.8) is 0 Å². The number of hydrogen-bond donors (Lipinski definition) is 1. The smallest absolute Gasteiger partial charge is 0.160 e. The molecule has 1 aliphatic rings. The highest BCUT2D eigenvalue weighted by Gasteiger charge is 2.15. The predicted molar refractivity (Wildman–Crippen MR) is 97.2 cm³/mol. The second kappa shape index (κ2) is 6.31. The maximum absolute atomic E-state index is 11.7. The Morgan fingerprint density at radius 2 is 2.04 bits per heavy atom. The van der Waals surface area contributed by atoms with Gasteiger partial charge in [-0.3, -0.25) is 4.79 Å². The van der Waals surface area contributed by atoms with E-state index in [1.807, 2.05) is 18.3 Å². The van der Waals surface area contributed by atoms with Crippen LogP contribution in [0.5, 0.6) is 0 Å². The summed E-state index contributed by atoms with van der Waals surface area (Å²) in [5.74, 6) is 0.120. The molecule has 0 spiro atoms. The lowest BCUT2D eigenvalue weighted by molar-refractivity contribution is -0.114. The molecule has 6 nitrogen and oxygen atoms in total. The number of allylic oxidation sites excluding steroid dienone is 1. The lowest BCUT2D eigenvalue weighted by atomic mass is 9.92. The Morgan fingerprint density at radius 1 is 1.16 bits per heavy atom. The van der Waals surface area contributed by atoms with Gasteiger partial charge in [0.1, 0.15) is 6.73 Å². The average molecular weight is 337 g/mol.